The first-order valence-corrected chi connectivity index (χ1v) is 12.9. The van der Waals surface area contributed by atoms with Crippen molar-refractivity contribution < 1.29 is 0 Å². The highest BCUT2D eigenvalue weighted by atomic mass is 32.1. The van der Waals surface area contributed by atoms with Crippen LogP contribution in [0.1, 0.15) is 0 Å². The summed E-state index contributed by atoms with van der Waals surface area (Å²) in [5.74, 6) is 0. The third kappa shape index (κ3) is 3.53. The van der Waals surface area contributed by atoms with E-state index in [2.05, 4.69) is 131 Å². The lowest BCUT2D eigenvalue weighted by atomic mass is 10.0. The molecule has 0 N–H and O–H groups in total. The van der Waals surface area contributed by atoms with Crippen LogP contribution in [0, 0.1) is 0 Å². The predicted octanol–water partition coefficient (Wildman–Crippen LogP) is 9.74. The van der Waals surface area contributed by atoms with Gasteiger partial charge in [-0.25, -0.2) is 0 Å². The van der Waals surface area contributed by atoms with Gasteiger partial charge in [-0.2, -0.15) is 0 Å². The number of hydrogen-bond donors (Lipinski definition) is 0. The summed E-state index contributed by atoms with van der Waals surface area (Å²) in [4.78, 5) is 6.83. The fourth-order valence-electron chi connectivity index (χ4n) is 5.02. The molecule has 36 heavy (non-hydrogen) atoms. The first-order chi connectivity index (χ1) is 17.8. The molecule has 2 aromatic heterocycles. The zero-order valence-corrected chi connectivity index (χ0v) is 20.3. The molecule has 0 fully saturated rings. The number of thiophene rings is 1. The number of aromatic nitrogens is 1. The monoisotopic (exact) mass is 478 g/mol. The summed E-state index contributed by atoms with van der Waals surface area (Å²) in [5, 5.41) is 4.90. The molecule has 0 aliphatic heterocycles. The molecule has 2 heterocycles. The van der Waals surface area contributed by atoms with Crippen molar-refractivity contribution in [1.82, 2.24) is 4.98 Å². The van der Waals surface area contributed by atoms with Gasteiger partial charge in [0.1, 0.15) is 0 Å². The van der Waals surface area contributed by atoms with Crippen molar-refractivity contribution in [2.45, 2.75) is 0 Å². The average molecular weight is 479 g/mol. The second kappa shape index (κ2) is 8.63. The molecule has 0 atom stereocenters. The van der Waals surface area contributed by atoms with E-state index in [1.54, 1.807) is 0 Å². The number of rotatable bonds is 4. The Morgan fingerprint density at radius 2 is 1.31 bits per heavy atom. The first kappa shape index (κ1) is 20.9. The van der Waals surface area contributed by atoms with Gasteiger partial charge in [-0.3, -0.25) is 4.98 Å². The van der Waals surface area contributed by atoms with Gasteiger partial charge in [0.15, 0.2) is 0 Å². The Hall–Kier alpha value is -4.47. The summed E-state index contributed by atoms with van der Waals surface area (Å²) in [6.07, 6.45) is 3.87. The molecular formula is C33H22N2S. The summed E-state index contributed by atoms with van der Waals surface area (Å²) in [5.41, 5.74) is 5.85. The molecule has 3 heteroatoms. The number of pyridine rings is 1. The summed E-state index contributed by atoms with van der Waals surface area (Å²) in [7, 11) is 0. The molecule has 5 aromatic carbocycles. The lowest BCUT2D eigenvalue weighted by Gasteiger charge is -2.27. The van der Waals surface area contributed by atoms with E-state index >= 15 is 0 Å². The van der Waals surface area contributed by atoms with Gasteiger partial charge in [-0.1, -0.05) is 78.9 Å². The molecule has 0 saturated carbocycles. The molecule has 2 nitrogen and oxygen atoms in total. The third-order valence-corrected chi connectivity index (χ3v) is 7.88. The molecule has 7 aromatic rings. The molecule has 0 aliphatic carbocycles. The lowest BCUT2D eigenvalue weighted by molar-refractivity contribution is 1.30. The molecular weight excluding hydrogens is 456 g/mol. The fourth-order valence-corrected chi connectivity index (χ4v) is 6.11. The van der Waals surface area contributed by atoms with Gasteiger partial charge in [-0.15, -0.1) is 11.3 Å². The largest absolute Gasteiger partial charge is 0.310 e. The van der Waals surface area contributed by atoms with Gasteiger partial charge >= 0.3 is 0 Å². The van der Waals surface area contributed by atoms with Crippen LogP contribution in [-0.2, 0) is 0 Å². The number of hydrogen-bond acceptors (Lipinski definition) is 3. The minimum absolute atomic E-state index is 1.13. The van der Waals surface area contributed by atoms with Gasteiger partial charge in [-0.05, 0) is 64.4 Å². The predicted molar refractivity (Wildman–Crippen MR) is 155 cm³/mol. The van der Waals surface area contributed by atoms with Crippen LogP contribution in [-0.4, -0.2) is 4.98 Å². The minimum Gasteiger partial charge on any atom is -0.310 e. The number of benzene rings is 5. The maximum Gasteiger partial charge on any atom is 0.0555 e. The van der Waals surface area contributed by atoms with Crippen molar-refractivity contribution in [2.24, 2.45) is 0 Å². The lowest BCUT2D eigenvalue weighted by Crippen LogP contribution is -2.10. The minimum atomic E-state index is 1.13. The van der Waals surface area contributed by atoms with E-state index in [0.717, 1.165) is 17.1 Å². The Labute approximate surface area is 213 Å². The topological polar surface area (TPSA) is 16.1 Å². The Morgan fingerprint density at radius 1 is 0.556 bits per heavy atom. The van der Waals surface area contributed by atoms with Crippen LogP contribution < -0.4 is 4.90 Å². The van der Waals surface area contributed by atoms with Crippen LogP contribution in [0.15, 0.2) is 134 Å². The molecule has 7 rings (SSSR count). The number of fused-ring (bicyclic) bond motifs is 4. The second-order valence-corrected chi connectivity index (χ2v) is 9.99. The van der Waals surface area contributed by atoms with Gasteiger partial charge in [0.25, 0.3) is 0 Å². The van der Waals surface area contributed by atoms with E-state index in [4.69, 9.17) is 0 Å². The quantitative estimate of drug-likeness (QED) is 0.250. The van der Waals surface area contributed by atoms with E-state index in [-0.39, 0.29) is 0 Å². The van der Waals surface area contributed by atoms with Crippen LogP contribution in [0.4, 0.5) is 17.1 Å². The molecule has 0 unspecified atom stereocenters. The van der Waals surface area contributed by atoms with E-state index in [0.29, 0.717) is 0 Å². The highest BCUT2D eigenvalue weighted by molar-refractivity contribution is 7.25. The highest BCUT2D eigenvalue weighted by Gasteiger charge is 2.18. The average Bonchev–Trinajstić information content (AvgIpc) is 3.33. The van der Waals surface area contributed by atoms with Crippen molar-refractivity contribution in [3.8, 4) is 11.1 Å². The molecule has 170 valence electrons. The zero-order valence-electron chi connectivity index (χ0n) is 19.5. The van der Waals surface area contributed by atoms with Crippen LogP contribution in [0.25, 0.3) is 42.1 Å². The van der Waals surface area contributed by atoms with Crippen molar-refractivity contribution in [3.63, 3.8) is 0 Å². The Balaban J connectivity index is 1.47. The summed E-state index contributed by atoms with van der Waals surface area (Å²) in [6.45, 7) is 0. The van der Waals surface area contributed by atoms with Crippen LogP contribution in [0.3, 0.4) is 0 Å². The molecule has 0 aliphatic rings. The zero-order chi connectivity index (χ0) is 23.9. The summed E-state index contributed by atoms with van der Waals surface area (Å²) in [6, 6.07) is 43.4. The maximum atomic E-state index is 4.46. The van der Waals surface area contributed by atoms with E-state index in [9.17, 15) is 0 Å². The Morgan fingerprint density at radius 3 is 2.17 bits per heavy atom. The van der Waals surface area contributed by atoms with Gasteiger partial charge in [0.05, 0.1) is 5.69 Å². The van der Waals surface area contributed by atoms with Crippen molar-refractivity contribution >= 4 is 59.3 Å². The summed E-state index contributed by atoms with van der Waals surface area (Å²) >= 11 is 1.82. The number of nitrogens with zero attached hydrogens (tertiary/aromatic N) is 2. The van der Waals surface area contributed by atoms with Crippen LogP contribution >= 0.6 is 11.3 Å². The molecule has 0 amide bonds. The third-order valence-electron chi connectivity index (χ3n) is 6.74. The smallest absolute Gasteiger partial charge is 0.0555 e. The van der Waals surface area contributed by atoms with Crippen LogP contribution in [0.5, 0.6) is 0 Å². The molecule has 0 saturated heterocycles. The Bertz CT molecular complexity index is 1840. The van der Waals surface area contributed by atoms with Crippen molar-refractivity contribution in [3.05, 3.63) is 134 Å². The van der Waals surface area contributed by atoms with Gasteiger partial charge in [0, 0.05) is 43.9 Å². The summed E-state index contributed by atoms with van der Waals surface area (Å²) < 4.78 is 2.52. The van der Waals surface area contributed by atoms with Crippen molar-refractivity contribution in [2.75, 3.05) is 4.90 Å². The molecule has 0 bridgehead atoms. The molecule has 0 radical (unpaired) electrons. The highest BCUT2D eigenvalue weighted by Crippen LogP contribution is 2.45. The van der Waals surface area contributed by atoms with E-state index in [1.165, 1.54) is 42.1 Å². The number of anilines is 3. The Kier molecular flexibility index (Phi) is 5.00. The SMILES string of the molecule is c1ccc(-c2ccc(N(c3ccc4ccccc4c3)c3cccc4sc5ccncc5c34)cc2)cc1. The van der Waals surface area contributed by atoms with Gasteiger partial charge in [0.2, 0.25) is 0 Å². The van der Waals surface area contributed by atoms with Crippen molar-refractivity contribution in [1.29, 1.82) is 0 Å². The fraction of sp³-hybridized carbons (Fsp3) is 0. The van der Waals surface area contributed by atoms with Crippen LogP contribution in [0.2, 0.25) is 0 Å². The maximum absolute atomic E-state index is 4.46. The molecule has 0 spiro atoms. The normalized spacial score (nSPS) is 11.3. The first-order valence-electron chi connectivity index (χ1n) is 12.0. The standard InChI is InChI=1S/C33H22N2S/c1-2-7-23(8-3-1)25-13-16-27(17-14-25)35(28-18-15-24-9-4-5-10-26(24)21-28)30-11-6-12-32-33(30)29-22-34-20-19-31(29)36-32/h1-22H. The second-order valence-electron chi connectivity index (χ2n) is 8.90. The van der Waals surface area contributed by atoms with E-state index in [1.807, 2.05) is 23.7 Å². The van der Waals surface area contributed by atoms with Gasteiger partial charge < -0.3 is 4.90 Å². The van der Waals surface area contributed by atoms with E-state index < -0.39 is 0 Å².